The number of amides is 1. The largest absolute Gasteiger partial charge is 0.470 e. The summed E-state index contributed by atoms with van der Waals surface area (Å²) in [6.45, 7) is 5.46. The van der Waals surface area contributed by atoms with E-state index in [4.69, 9.17) is 22.8 Å². The van der Waals surface area contributed by atoms with Gasteiger partial charge in [0.05, 0.1) is 16.1 Å². The van der Waals surface area contributed by atoms with Crippen LogP contribution in [0.15, 0.2) is 24.4 Å². The second-order valence-corrected chi connectivity index (χ2v) is 7.25. The number of nitrogens with one attached hydrogen (secondary N) is 1. The summed E-state index contributed by atoms with van der Waals surface area (Å²) in [6.07, 6.45) is 8.83. The van der Waals surface area contributed by atoms with Crippen LogP contribution in [0.25, 0.3) is 10.9 Å². The molecule has 1 N–H and O–H groups in total. The number of hydrogen-bond acceptors (Lipinski definition) is 4. The van der Waals surface area contributed by atoms with Gasteiger partial charge in [-0.15, -0.1) is 18.2 Å². The molecule has 0 aliphatic rings. The summed E-state index contributed by atoms with van der Waals surface area (Å²) in [6, 6.07) is 5.50. The SMILES string of the molecule is C#CC(C)(C)NC(=O)C(Oc1cc(C)c2ncc(Cl)cc2c1)SC. The number of thioether (sulfide) groups is 1. The number of halogens is 1. The zero-order valence-corrected chi connectivity index (χ0v) is 15.6. The molecule has 1 unspecified atom stereocenters. The van der Waals surface area contributed by atoms with Gasteiger partial charge >= 0.3 is 0 Å². The Labute approximate surface area is 151 Å². The van der Waals surface area contributed by atoms with E-state index in [2.05, 4.69) is 16.2 Å². The Morgan fingerprint density at radius 3 is 2.79 bits per heavy atom. The van der Waals surface area contributed by atoms with Crippen molar-refractivity contribution < 1.29 is 9.53 Å². The number of pyridine rings is 1. The number of nitrogens with zero attached hydrogens (tertiary/aromatic N) is 1. The summed E-state index contributed by atoms with van der Waals surface area (Å²) >= 11 is 7.30. The first-order chi connectivity index (χ1) is 11.3. The summed E-state index contributed by atoms with van der Waals surface area (Å²) < 4.78 is 5.86. The Hall–Kier alpha value is -1.90. The first-order valence-corrected chi connectivity index (χ1v) is 8.97. The maximum Gasteiger partial charge on any atom is 0.272 e. The number of benzene rings is 1. The van der Waals surface area contributed by atoms with Gasteiger partial charge in [-0.05, 0) is 50.8 Å². The molecule has 126 valence electrons. The second kappa shape index (κ2) is 7.33. The molecule has 2 rings (SSSR count). The Bertz CT molecular complexity index is 815. The number of hydrogen-bond donors (Lipinski definition) is 1. The Morgan fingerprint density at radius 2 is 2.17 bits per heavy atom. The van der Waals surface area contributed by atoms with Crippen molar-refractivity contribution in [3.63, 3.8) is 0 Å². The molecule has 1 heterocycles. The maximum atomic E-state index is 12.4. The standard InChI is InChI=1S/C18H19ClN2O2S/c1-6-18(3,4)21-16(22)17(24-5)23-14-7-11(2)15-12(9-14)8-13(19)10-20-15/h1,7-10,17H,2-5H3,(H,21,22). The van der Waals surface area contributed by atoms with Crippen molar-refractivity contribution in [3.05, 3.63) is 35.0 Å². The predicted molar refractivity (Wildman–Crippen MR) is 100 cm³/mol. The van der Waals surface area contributed by atoms with Gasteiger partial charge in [-0.25, -0.2) is 0 Å². The smallest absolute Gasteiger partial charge is 0.272 e. The van der Waals surface area contributed by atoms with Crippen molar-refractivity contribution in [1.82, 2.24) is 10.3 Å². The third-order valence-corrected chi connectivity index (χ3v) is 4.33. The lowest BCUT2D eigenvalue weighted by Crippen LogP contribution is -2.47. The highest BCUT2D eigenvalue weighted by Crippen LogP contribution is 2.27. The van der Waals surface area contributed by atoms with Gasteiger partial charge in [0, 0.05) is 11.6 Å². The fourth-order valence-electron chi connectivity index (χ4n) is 2.17. The molecule has 0 saturated heterocycles. The van der Waals surface area contributed by atoms with Crippen LogP contribution >= 0.6 is 23.4 Å². The van der Waals surface area contributed by atoms with E-state index in [1.807, 2.05) is 25.1 Å². The lowest BCUT2D eigenvalue weighted by Gasteiger charge is -2.24. The highest BCUT2D eigenvalue weighted by atomic mass is 35.5. The number of terminal acetylenes is 1. The molecule has 1 aromatic heterocycles. The van der Waals surface area contributed by atoms with Crippen molar-refractivity contribution in [2.24, 2.45) is 0 Å². The molecular weight excluding hydrogens is 344 g/mol. The van der Waals surface area contributed by atoms with Gasteiger partial charge in [-0.1, -0.05) is 17.5 Å². The van der Waals surface area contributed by atoms with Crippen LogP contribution in [0.2, 0.25) is 5.02 Å². The summed E-state index contributed by atoms with van der Waals surface area (Å²) in [5.74, 6) is 2.84. The van der Waals surface area contributed by atoms with Gasteiger partial charge in [0.15, 0.2) is 0 Å². The zero-order valence-electron chi connectivity index (χ0n) is 14.0. The molecule has 0 aliphatic heterocycles. The number of carbonyl (C=O) groups excluding carboxylic acids is 1. The lowest BCUT2D eigenvalue weighted by atomic mass is 10.1. The Kier molecular flexibility index (Phi) is 5.63. The van der Waals surface area contributed by atoms with Crippen LogP contribution in [0.1, 0.15) is 19.4 Å². The zero-order chi connectivity index (χ0) is 17.9. The van der Waals surface area contributed by atoms with Crippen LogP contribution in [-0.2, 0) is 4.79 Å². The van der Waals surface area contributed by atoms with Crippen LogP contribution in [0, 0.1) is 19.3 Å². The molecule has 1 amide bonds. The van der Waals surface area contributed by atoms with Crippen LogP contribution in [-0.4, -0.2) is 28.1 Å². The first kappa shape index (κ1) is 18.4. The molecule has 4 nitrogen and oxygen atoms in total. The number of carbonyl (C=O) groups is 1. The summed E-state index contributed by atoms with van der Waals surface area (Å²) in [5.41, 5.74) is 0.362. The van der Waals surface area contributed by atoms with Crippen molar-refractivity contribution in [1.29, 1.82) is 0 Å². The van der Waals surface area contributed by atoms with E-state index < -0.39 is 11.0 Å². The number of fused-ring (bicyclic) bond motifs is 1. The molecule has 0 saturated carbocycles. The third-order valence-electron chi connectivity index (χ3n) is 3.38. The molecule has 1 aromatic carbocycles. The molecule has 0 radical (unpaired) electrons. The maximum absolute atomic E-state index is 12.4. The minimum absolute atomic E-state index is 0.271. The monoisotopic (exact) mass is 362 g/mol. The highest BCUT2D eigenvalue weighted by Gasteiger charge is 2.25. The fraction of sp³-hybridized carbons (Fsp3) is 0.333. The molecular formula is C18H19ClN2O2S. The van der Waals surface area contributed by atoms with E-state index >= 15 is 0 Å². The van der Waals surface area contributed by atoms with Crippen molar-refractivity contribution in [2.75, 3.05) is 6.26 Å². The minimum Gasteiger partial charge on any atom is -0.470 e. The van der Waals surface area contributed by atoms with Gasteiger partial charge in [0.1, 0.15) is 5.75 Å². The van der Waals surface area contributed by atoms with Gasteiger partial charge in [0.25, 0.3) is 5.91 Å². The predicted octanol–water partition coefficient (Wildman–Crippen LogP) is 3.79. The molecule has 24 heavy (non-hydrogen) atoms. The van der Waals surface area contributed by atoms with E-state index in [9.17, 15) is 4.79 Å². The molecule has 6 heteroatoms. The summed E-state index contributed by atoms with van der Waals surface area (Å²) in [4.78, 5) is 16.7. The lowest BCUT2D eigenvalue weighted by molar-refractivity contribution is -0.125. The average Bonchev–Trinajstić information content (AvgIpc) is 2.51. The normalized spacial score (nSPS) is 12.5. The van der Waals surface area contributed by atoms with Crippen molar-refractivity contribution in [2.45, 2.75) is 31.7 Å². The number of rotatable bonds is 5. The number of ether oxygens (including phenoxy) is 1. The molecule has 0 aliphatic carbocycles. The van der Waals surface area contributed by atoms with E-state index in [0.29, 0.717) is 10.8 Å². The number of aryl methyl sites for hydroxylation is 1. The second-order valence-electron chi connectivity index (χ2n) is 5.91. The highest BCUT2D eigenvalue weighted by molar-refractivity contribution is 7.99. The van der Waals surface area contributed by atoms with Crippen LogP contribution in [0.3, 0.4) is 0 Å². The Balaban J connectivity index is 2.26. The molecule has 1 atom stereocenters. The van der Waals surface area contributed by atoms with Gasteiger partial charge < -0.3 is 10.1 Å². The van der Waals surface area contributed by atoms with Crippen LogP contribution in [0.4, 0.5) is 0 Å². The van der Waals surface area contributed by atoms with Crippen molar-refractivity contribution >= 4 is 40.2 Å². The number of aromatic nitrogens is 1. The van der Waals surface area contributed by atoms with Gasteiger partial charge in [-0.3, -0.25) is 9.78 Å². The topological polar surface area (TPSA) is 51.2 Å². The molecule has 0 bridgehead atoms. The molecule has 2 aromatic rings. The van der Waals surface area contributed by atoms with E-state index in [-0.39, 0.29) is 5.91 Å². The summed E-state index contributed by atoms with van der Waals surface area (Å²) in [5, 5.41) is 4.20. The molecule has 0 spiro atoms. The minimum atomic E-state index is -0.731. The van der Waals surface area contributed by atoms with E-state index in [0.717, 1.165) is 16.5 Å². The Morgan fingerprint density at radius 1 is 1.46 bits per heavy atom. The average molecular weight is 363 g/mol. The first-order valence-electron chi connectivity index (χ1n) is 7.31. The van der Waals surface area contributed by atoms with Crippen molar-refractivity contribution in [3.8, 4) is 18.1 Å². The van der Waals surface area contributed by atoms with Gasteiger partial charge in [0.2, 0.25) is 5.44 Å². The quantitative estimate of drug-likeness (QED) is 0.649. The van der Waals surface area contributed by atoms with E-state index in [1.54, 1.807) is 26.3 Å². The van der Waals surface area contributed by atoms with Gasteiger partial charge in [-0.2, -0.15) is 0 Å². The van der Waals surface area contributed by atoms with E-state index in [1.165, 1.54) is 11.8 Å². The summed E-state index contributed by atoms with van der Waals surface area (Å²) in [7, 11) is 0. The molecule has 0 fully saturated rings. The third kappa shape index (κ3) is 4.34. The van der Waals surface area contributed by atoms with Crippen LogP contribution < -0.4 is 10.1 Å². The van der Waals surface area contributed by atoms with Crippen LogP contribution in [0.5, 0.6) is 5.75 Å². The fourth-order valence-corrected chi connectivity index (χ4v) is 2.82.